The monoisotopic (exact) mass is 301 g/mol. The molecule has 4 nitrogen and oxygen atoms in total. The van der Waals surface area contributed by atoms with Crippen molar-refractivity contribution < 1.29 is 4.79 Å². The lowest BCUT2D eigenvalue weighted by Crippen LogP contribution is -2.51. The molecule has 0 fully saturated rings. The Hall–Kier alpha value is -2.85. The van der Waals surface area contributed by atoms with Gasteiger partial charge < -0.3 is 9.88 Å². The molecule has 0 radical (unpaired) electrons. The summed E-state index contributed by atoms with van der Waals surface area (Å²) in [6, 6.07) is 19.9. The van der Waals surface area contributed by atoms with Crippen LogP contribution < -0.4 is 10.6 Å². The third kappa shape index (κ3) is 1.56. The van der Waals surface area contributed by atoms with Crippen molar-refractivity contribution in [1.29, 1.82) is 0 Å². The van der Waals surface area contributed by atoms with Crippen LogP contribution in [-0.4, -0.2) is 10.4 Å². The Labute approximate surface area is 133 Å². The van der Waals surface area contributed by atoms with Gasteiger partial charge in [-0.1, -0.05) is 30.3 Å². The van der Waals surface area contributed by atoms with E-state index >= 15 is 0 Å². The van der Waals surface area contributed by atoms with Crippen LogP contribution in [0.15, 0.2) is 66.9 Å². The number of carbonyl (C=O) groups excluding carboxylic acids is 1. The molecule has 112 valence electrons. The standard InChI is InChI=1S/C19H15N3O/c23-18-14-7-2-3-8-15(14)21-19(18)17-10-5-11-22(17)16-9-4-1-6-13(16)12-20-19/h1-11,20-21H,12H2. The molecular formula is C19H15N3O. The number of nitrogens with one attached hydrogen (secondary N) is 2. The number of nitrogens with zero attached hydrogens (tertiary/aromatic N) is 1. The molecule has 4 heteroatoms. The number of ketones is 1. The third-order valence-electron chi connectivity index (χ3n) is 4.76. The van der Waals surface area contributed by atoms with E-state index in [-0.39, 0.29) is 5.78 Å². The fraction of sp³-hybridized carbons (Fsp3) is 0.105. The minimum absolute atomic E-state index is 0.0702. The summed E-state index contributed by atoms with van der Waals surface area (Å²) in [5, 5.41) is 6.91. The lowest BCUT2D eigenvalue weighted by atomic mass is 9.99. The number of hydrogen-bond donors (Lipinski definition) is 2. The molecule has 1 aromatic heterocycles. The summed E-state index contributed by atoms with van der Waals surface area (Å²) < 4.78 is 2.10. The number of hydrogen-bond acceptors (Lipinski definition) is 3. The van der Waals surface area contributed by atoms with Crippen LogP contribution >= 0.6 is 0 Å². The summed E-state index contributed by atoms with van der Waals surface area (Å²) in [5.74, 6) is 0.0702. The van der Waals surface area contributed by atoms with Crippen LogP contribution in [0.3, 0.4) is 0 Å². The van der Waals surface area contributed by atoms with Gasteiger partial charge in [-0.05, 0) is 35.9 Å². The largest absolute Gasteiger partial charge is 0.355 e. The zero-order valence-corrected chi connectivity index (χ0v) is 12.4. The Kier molecular flexibility index (Phi) is 2.39. The SMILES string of the molecule is O=C1c2ccccc2NC12NCc1ccccc1-n1cccc12. The van der Waals surface area contributed by atoms with Crippen molar-refractivity contribution in [1.82, 2.24) is 9.88 Å². The zero-order chi connectivity index (χ0) is 15.4. The van der Waals surface area contributed by atoms with E-state index in [1.165, 1.54) is 5.56 Å². The van der Waals surface area contributed by atoms with Crippen LogP contribution in [0.5, 0.6) is 0 Å². The van der Waals surface area contributed by atoms with Crippen molar-refractivity contribution in [2.45, 2.75) is 12.2 Å². The molecule has 0 saturated carbocycles. The first-order valence-corrected chi connectivity index (χ1v) is 7.73. The molecule has 1 atom stereocenters. The number of Topliss-reactive ketones (excluding diaryl/α,β-unsaturated/α-hetero) is 1. The van der Waals surface area contributed by atoms with Gasteiger partial charge in [0.05, 0.1) is 5.69 Å². The van der Waals surface area contributed by atoms with Gasteiger partial charge in [-0.2, -0.15) is 0 Å². The van der Waals surface area contributed by atoms with Crippen LogP contribution in [0.1, 0.15) is 21.6 Å². The molecule has 2 aliphatic heterocycles. The van der Waals surface area contributed by atoms with Gasteiger partial charge >= 0.3 is 0 Å². The average Bonchev–Trinajstić information content (AvgIpc) is 3.15. The lowest BCUT2D eigenvalue weighted by Gasteiger charge is -2.28. The lowest BCUT2D eigenvalue weighted by molar-refractivity contribution is 0.0884. The number of anilines is 1. The average molecular weight is 301 g/mol. The van der Waals surface area contributed by atoms with Crippen LogP contribution in [0.25, 0.3) is 5.69 Å². The van der Waals surface area contributed by atoms with Gasteiger partial charge in [-0.15, -0.1) is 0 Å². The van der Waals surface area contributed by atoms with E-state index in [0.29, 0.717) is 6.54 Å². The molecule has 1 unspecified atom stereocenters. The zero-order valence-electron chi connectivity index (χ0n) is 12.4. The van der Waals surface area contributed by atoms with Crippen LogP contribution in [0, 0.1) is 0 Å². The van der Waals surface area contributed by atoms with Crippen molar-refractivity contribution in [3.63, 3.8) is 0 Å². The molecule has 3 aromatic rings. The predicted molar refractivity (Wildman–Crippen MR) is 88.7 cm³/mol. The second-order valence-electron chi connectivity index (χ2n) is 6.00. The molecule has 1 spiro atoms. The predicted octanol–water partition coefficient (Wildman–Crippen LogP) is 3.04. The second kappa shape index (κ2) is 4.33. The van der Waals surface area contributed by atoms with Crippen molar-refractivity contribution in [2.75, 3.05) is 5.32 Å². The summed E-state index contributed by atoms with van der Waals surface area (Å²) >= 11 is 0. The summed E-state index contributed by atoms with van der Waals surface area (Å²) in [6.45, 7) is 0.630. The van der Waals surface area contributed by atoms with Gasteiger partial charge in [0.2, 0.25) is 5.78 Å². The fourth-order valence-corrected chi connectivity index (χ4v) is 3.67. The van der Waals surface area contributed by atoms with Gasteiger partial charge in [0.15, 0.2) is 5.66 Å². The first-order chi connectivity index (χ1) is 11.3. The maximum atomic E-state index is 13.2. The number of fused-ring (bicyclic) bond motifs is 5. The molecule has 2 aromatic carbocycles. The highest BCUT2D eigenvalue weighted by molar-refractivity contribution is 6.13. The number of benzene rings is 2. The van der Waals surface area contributed by atoms with Crippen molar-refractivity contribution >= 4 is 11.5 Å². The quantitative estimate of drug-likeness (QED) is 0.671. The molecule has 0 saturated heterocycles. The van der Waals surface area contributed by atoms with E-state index in [9.17, 15) is 4.79 Å². The molecule has 0 amide bonds. The van der Waals surface area contributed by atoms with E-state index in [4.69, 9.17) is 0 Å². The van der Waals surface area contributed by atoms with E-state index in [0.717, 1.165) is 22.6 Å². The summed E-state index contributed by atoms with van der Waals surface area (Å²) in [5.41, 5.74) is 3.91. The van der Waals surface area contributed by atoms with E-state index < -0.39 is 5.66 Å². The number of para-hydroxylation sites is 2. The molecule has 0 aliphatic carbocycles. The molecule has 2 N–H and O–H groups in total. The Balaban J connectivity index is 1.75. The van der Waals surface area contributed by atoms with Crippen molar-refractivity contribution in [2.24, 2.45) is 0 Å². The highest BCUT2D eigenvalue weighted by atomic mass is 16.1. The van der Waals surface area contributed by atoms with Gasteiger partial charge in [-0.3, -0.25) is 10.1 Å². The van der Waals surface area contributed by atoms with Crippen molar-refractivity contribution in [3.05, 3.63) is 83.7 Å². The molecule has 23 heavy (non-hydrogen) atoms. The summed E-state index contributed by atoms with van der Waals surface area (Å²) in [7, 11) is 0. The van der Waals surface area contributed by atoms with Crippen LogP contribution in [-0.2, 0) is 12.2 Å². The molecule has 0 bridgehead atoms. The van der Waals surface area contributed by atoms with Gasteiger partial charge in [0.1, 0.15) is 0 Å². The molecule has 5 rings (SSSR count). The fourth-order valence-electron chi connectivity index (χ4n) is 3.67. The summed E-state index contributed by atoms with van der Waals surface area (Å²) in [4.78, 5) is 13.2. The number of carbonyl (C=O) groups is 1. The Morgan fingerprint density at radius 2 is 1.78 bits per heavy atom. The highest BCUT2D eigenvalue weighted by Gasteiger charge is 2.49. The van der Waals surface area contributed by atoms with E-state index in [1.54, 1.807) is 0 Å². The van der Waals surface area contributed by atoms with Crippen molar-refractivity contribution in [3.8, 4) is 5.69 Å². The normalized spacial score (nSPS) is 21.3. The number of rotatable bonds is 0. The molecule has 3 heterocycles. The maximum Gasteiger partial charge on any atom is 0.211 e. The molecular weight excluding hydrogens is 286 g/mol. The second-order valence-corrected chi connectivity index (χ2v) is 6.00. The Morgan fingerprint density at radius 3 is 2.70 bits per heavy atom. The Bertz CT molecular complexity index is 943. The number of aromatic nitrogens is 1. The van der Waals surface area contributed by atoms with Gasteiger partial charge in [0, 0.05) is 29.7 Å². The van der Waals surface area contributed by atoms with Gasteiger partial charge in [0.25, 0.3) is 0 Å². The minimum Gasteiger partial charge on any atom is -0.355 e. The highest BCUT2D eigenvalue weighted by Crippen LogP contribution is 2.40. The first-order valence-electron chi connectivity index (χ1n) is 7.73. The summed E-state index contributed by atoms with van der Waals surface area (Å²) in [6.07, 6.45) is 2.01. The maximum absolute atomic E-state index is 13.2. The molecule has 2 aliphatic rings. The van der Waals surface area contributed by atoms with Crippen LogP contribution in [0.4, 0.5) is 5.69 Å². The van der Waals surface area contributed by atoms with Crippen LogP contribution in [0.2, 0.25) is 0 Å². The first kappa shape index (κ1) is 12.7. The smallest absolute Gasteiger partial charge is 0.211 e. The van der Waals surface area contributed by atoms with Gasteiger partial charge in [-0.25, -0.2) is 0 Å². The Morgan fingerprint density at radius 1 is 0.957 bits per heavy atom. The van der Waals surface area contributed by atoms with E-state index in [1.807, 2.05) is 54.7 Å². The topological polar surface area (TPSA) is 46.1 Å². The minimum atomic E-state index is -0.911. The van der Waals surface area contributed by atoms with E-state index in [2.05, 4.69) is 27.3 Å². The third-order valence-corrected chi connectivity index (χ3v) is 4.76.